The molecule has 13 nitrogen and oxygen atoms in total. The van der Waals surface area contributed by atoms with Crippen molar-refractivity contribution < 1.29 is 64.9 Å². The lowest BCUT2D eigenvalue weighted by molar-refractivity contribution is -0.383. The predicted octanol–water partition coefficient (Wildman–Crippen LogP) is 1.93. The summed E-state index contributed by atoms with van der Waals surface area (Å²) in [6.45, 7) is 16.3. The van der Waals surface area contributed by atoms with Crippen molar-refractivity contribution in [2.45, 2.75) is 180 Å². The van der Waals surface area contributed by atoms with Crippen LogP contribution < -0.4 is 0 Å². The maximum absolute atomic E-state index is 12.2. The number of aliphatic hydroxyl groups excluding tert-OH is 9. The molecule has 2 heterocycles. The molecule has 6 fully saturated rings. The fourth-order valence-corrected chi connectivity index (χ4v) is 13.1. The van der Waals surface area contributed by atoms with Gasteiger partial charge in [0.2, 0.25) is 0 Å². The zero-order chi connectivity index (χ0) is 40.6. The van der Waals surface area contributed by atoms with E-state index in [0.29, 0.717) is 18.8 Å². The molecule has 2 aliphatic heterocycles. The zero-order valence-corrected chi connectivity index (χ0v) is 34.0. The number of hydrogen-bond acceptors (Lipinski definition) is 13. The molecule has 13 heteroatoms. The predicted molar refractivity (Wildman–Crippen MR) is 201 cm³/mol. The van der Waals surface area contributed by atoms with E-state index in [1.807, 2.05) is 0 Å². The van der Waals surface area contributed by atoms with Crippen LogP contribution >= 0.6 is 0 Å². The maximum atomic E-state index is 12.2. The number of fused-ring (bicyclic) bond motifs is 5. The van der Waals surface area contributed by atoms with Crippen LogP contribution in [0.25, 0.3) is 0 Å². The lowest BCUT2D eigenvalue weighted by atomic mass is 9.35. The summed E-state index contributed by atoms with van der Waals surface area (Å²) < 4.78 is 24.1. The number of aliphatic hydroxyl groups is 9. The molecule has 316 valence electrons. The van der Waals surface area contributed by atoms with Crippen LogP contribution in [0.2, 0.25) is 0 Å². The molecule has 0 spiro atoms. The van der Waals surface area contributed by atoms with Crippen molar-refractivity contribution >= 4 is 0 Å². The molecule has 2 saturated heterocycles. The van der Waals surface area contributed by atoms with Crippen LogP contribution in [0.1, 0.15) is 100 Å². The number of ether oxygens (including phenoxy) is 4. The monoisotopic (exact) mass is 782 g/mol. The minimum Gasteiger partial charge on any atom is -0.394 e. The summed E-state index contributed by atoms with van der Waals surface area (Å²) >= 11 is 0. The third-order valence-corrected chi connectivity index (χ3v) is 16.1. The van der Waals surface area contributed by atoms with E-state index in [9.17, 15) is 46.0 Å². The molecule has 9 N–H and O–H groups in total. The Bertz CT molecular complexity index is 1420. The van der Waals surface area contributed by atoms with Crippen LogP contribution in [0.4, 0.5) is 0 Å². The average Bonchev–Trinajstić information content (AvgIpc) is 3.49. The lowest BCUT2D eigenvalue weighted by Crippen LogP contribution is -2.69. The van der Waals surface area contributed by atoms with Crippen LogP contribution in [0.3, 0.4) is 0 Å². The van der Waals surface area contributed by atoms with Crippen LogP contribution in [0.15, 0.2) is 23.3 Å². The Kier molecular flexibility index (Phi) is 12.6. The van der Waals surface area contributed by atoms with E-state index in [0.717, 1.165) is 32.1 Å². The van der Waals surface area contributed by atoms with Crippen molar-refractivity contribution in [2.24, 2.45) is 45.3 Å². The smallest absolute Gasteiger partial charge is 0.187 e. The van der Waals surface area contributed by atoms with Gasteiger partial charge in [-0.1, -0.05) is 57.9 Å². The van der Waals surface area contributed by atoms with Crippen LogP contribution in [-0.4, -0.2) is 139 Å². The van der Waals surface area contributed by atoms with Gasteiger partial charge in [-0.3, -0.25) is 0 Å². The topological polar surface area (TPSA) is 219 Å². The van der Waals surface area contributed by atoms with E-state index < -0.39 is 98.4 Å². The molecule has 0 bridgehead atoms. The summed E-state index contributed by atoms with van der Waals surface area (Å²) in [7, 11) is 0. The van der Waals surface area contributed by atoms with Crippen LogP contribution in [0.5, 0.6) is 0 Å². The van der Waals surface area contributed by atoms with Crippen LogP contribution in [0, 0.1) is 45.3 Å². The molecular weight excluding hydrogens is 712 g/mol. The van der Waals surface area contributed by atoms with E-state index in [1.54, 1.807) is 0 Å². The van der Waals surface area contributed by atoms with E-state index in [2.05, 4.69) is 67.5 Å². The fraction of sp³-hybridized carbons (Fsp3) is 0.905. The fourth-order valence-electron chi connectivity index (χ4n) is 13.1. The average molecular weight is 783 g/mol. The lowest BCUT2D eigenvalue weighted by Gasteiger charge is -2.71. The summed E-state index contributed by atoms with van der Waals surface area (Å²) in [5.41, 5.74) is 1.45. The molecule has 20 atom stereocenters. The normalized spacial score (nSPS) is 52.5. The minimum absolute atomic E-state index is 0.0549. The van der Waals surface area contributed by atoms with Crippen molar-refractivity contribution in [2.75, 3.05) is 13.2 Å². The van der Waals surface area contributed by atoms with Gasteiger partial charge in [-0.15, -0.1) is 0 Å². The molecule has 0 amide bonds. The maximum Gasteiger partial charge on any atom is 0.187 e. The van der Waals surface area contributed by atoms with Gasteiger partial charge in [0.05, 0.1) is 31.5 Å². The van der Waals surface area contributed by atoms with Gasteiger partial charge >= 0.3 is 0 Å². The zero-order valence-electron chi connectivity index (χ0n) is 34.0. The molecule has 6 rings (SSSR count). The summed E-state index contributed by atoms with van der Waals surface area (Å²) in [4.78, 5) is 0. The highest BCUT2D eigenvalue weighted by molar-refractivity contribution is 5.23. The Hall–Kier alpha value is -1.04. The largest absolute Gasteiger partial charge is 0.394 e. The second kappa shape index (κ2) is 15.9. The van der Waals surface area contributed by atoms with Crippen molar-refractivity contribution in [1.82, 2.24) is 0 Å². The van der Waals surface area contributed by atoms with E-state index >= 15 is 0 Å². The summed E-state index contributed by atoms with van der Waals surface area (Å²) in [6, 6.07) is 0. The second-order valence-corrected chi connectivity index (χ2v) is 19.6. The standard InChI is InChI=1S/C42H70O13/c1-20(2)10-9-11-21(3)22-12-14-42(8)29(22)23(45)16-28-40(6)17-24(46)36(39(4,5)27(40)13-15-41(28,42)7)55-38-35(33(50)31(48)26(19-44)53-38)54-37-34(51)32(49)30(47)25(18-43)52-37/h10-11,22-38,43-51H,9,12-19H2,1-8H3/b21-11-/t22?,23-,24-,25?,26?,27?,28?,29?,30-,31-,32+,33+,34+,35+,36+,37?,38?,40+,41-,42-/m1/s1. The Morgan fingerprint density at radius 2 is 1.27 bits per heavy atom. The number of rotatable bonds is 9. The van der Waals surface area contributed by atoms with Gasteiger partial charge in [0.25, 0.3) is 0 Å². The van der Waals surface area contributed by atoms with Crippen molar-refractivity contribution in [1.29, 1.82) is 0 Å². The summed E-state index contributed by atoms with van der Waals surface area (Å²) in [5, 5.41) is 97.6. The Morgan fingerprint density at radius 1 is 0.673 bits per heavy atom. The highest BCUT2D eigenvalue weighted by Crippen LogP contribution is 2.75. The van der Waals surface area contributed by atoms with Crippen molar-refractivity contribution in [3.63, 3.8) is 0 Å². The third kappa shape index (κ3) is 7.12. The van der Waals surface area contributed by atoms with Gasteiger partial charge in [-0.25, -0.2) is 0 Å². The minimum atomic E-state index is -1.79. The van der Waals surface area contributed by atoms with E-state index in [1.165, 1.54) is 11.1 Å². The second-order valence-electron chi connectivity index (χ2n) is 19.6. The van der Waals surface area contributed by atoms with Gasteiger partial charge < -0.3 is 64.9 Å². The highest BCUT2D eigenvalue weighted by atomic mass is 16.8. The molecule has 55 heavy (non-hydrogen) atoms. The Balaban J connectivity index is 1.26. The first-order chi connectivity index (χ1) is 25.7. The summed E-state index contributed by atoms with van der Waals surface area (Å²) in [6.07, 6.45) is -7.67. The van der Waals surface area contributed by atoms with Gasteiger partial charge in [0.1, 0.15) is 48.8 Å². The highest BCUT2D eigenvalue weighted by Gasteiger charge is 2.71. The molecule has 0 aromatic carbocycles. The Morgan fingerprint density at radius 3 is 1.89 bits per heavy atom. The third-order valence-electron chi connectivity index (χ3n) is 16.1. The van der Waals surface area contributed by atoms with Gasteiger partial charge in [0.15, 0.2) is 12.6 Å². The first kappa shape index (κ1) is 43.5. The molecule has 0 radical (unpaired) electrons. The molecule has 8 unspecified atom stereocenters. The first-order valence-corrected chi connectivity index (χ1v) is 20.6. The quantitative estimate of drug-likeness (QED) is 0.121. The molecule has 4 saturated carbocycles. The number of hydrogen-bond donors (Lipinski definition) is 9. The Labute approximate surface area is 326 Å². The molecule has 4 aliphatic carbocycles. The van der Waals surface area contributed by atoms with Gasteiger partial charge in [-0.05, 0) is 111 Å². The first-order valence-electron chi connectivity index (χ1n) is 20.6. The van der Waals surface area contributed by atoms with Crippen LogP contribution in [-0.2, 0) is 18.9 Å². The van der Waals surface area contributed by atoms with E-state index in [4.69, 9.17) is 18.9 Å². The van der Waals surface area contributed by atoms with Crippen molar-refractivity contribution in [3.8, 4) is 0 Å². The van der Waals surface area contributed by atoms with E-state index in [-0.39, 0.29) is 34.0 Å². The molecule has 0 aromatic rings. The molecule has 6 aliphatic rings. The summed E-state index contributed by atoms with van der Waals surface area (Å²) in [5.74, 6) is 0.659. The molecule has 0 aromatic heterocycles. The van der Waals surface area contributed by atoms with Gasteiger partial charge in [-0.2, -0.15) is 0 Å². The number of allylic oxidation sites excluding steroid dienone is 4. The van der Waals surface area contributed by atoms with Gasteiger partial charge in [0, 0.05) is 0 Å². The van der Waals surface area contributed by atoms with Crippen molar-refractivity contribution in [3.05, 3.63) is 23.3 Å². The molecular formula is C42H70O13. The SMILES string of the molecule is CC(C)=CC/C=C(/C)C1CC[C@]2(C)C1[C@H](O)CC1[C@@]3(C)C[C@@H](O)[C@H](OC4OC(CO)[C@@H](O)[C@H](O)[C@@H]4OC4OC(CO)[C@@H](O)[C@H](O)[C@@H]4O)C(C)(C)C3CC[C@]12C.